The molecule has 1 heterocycles. The lowest BCUT2D eigenvalue weighted by atomic mass is 10.1. The van der Waals surface area contributed by atoms with Gasteiger partial charge >= 0.3 is 12.1 Å². The minimum atomic E-state index is -4.42. The average Bonchev–Trinajstić information content (AvgIpc) is 2.99. The van der Waals surface area contributed by atoms with Crippen LogP contribution in [0.5, 0.6) is 11.5 Å². The van der Waals surface area contributed by atoms with Crippen LogP contribution in [0.25, 0.3) is 10.9 Å². The number of alkyl halides is 3. The molecule has 0 fully saturated rings. The highest BCUT2D eigenvalue weighted by atomic mass is 19.4. The van der Waals surface area contributed by atoms with Crippen LogP contribution in [0.15, 0.2) is 42.5 Å². The van der Waals surface area contributed by atoms with Gasteiger partial charge in [-0.25, -0.2) is 4.79 Å². The second-order valence-electron chi connectivity index (χ2n) is 5.88. The van der Waals surface area contributed by atoms with Crippen LogP contribution >= 0.6 is 0 Å². The Morgan fingerprint density at radius 2 is 1.74 bits per heavy atom. The summed E-state index contributed by atoms with van der Waals surface area (Å²) in [5.74, 6) is -0.236. The average molecular weight is 379 g/mol. The number of hydrogen-bond donors (Lipinski definition) is 1. The molecule has 3 aromatic rings. The van der Waals surface area contributed by atoms with E-state index in [9.17, 15) is 23.1 Å². The maximum atomic E-state index is 12.7. The van der Waals surface area contributed by atoms with Gasteiger partial charge in [0.1, 0.15) is 17.2 Å². The van der Waals surface area contributed by atoms with Crippen molar-refractivity contribution in [3.05, 3.63) is 59.3 Å². The molecule has 5 nitrogen and oxygen atoms in total. The summed E-state index contributed by atoms with van der Waals surface area (Å²) in [5.41, 5.74) is 0.315. The van der Waals surface area contributed by atoms with Crippen molar-refractivity contribution < 1.29 is 32.5 Å². The van der Waals surface area contributed by atoms with Crippen LogP contribution in [-0.2, 0) is 12.7 Å². The Bertz CT molecular complexity index is 991. The van der Waals surface area contributed by atoms with Crippen LogP contribution in [-0.4, -0.2) is 29.9 Å². The topological polar surface area (TPSA) is 60.7 Å². The number of ether oxygens (including phenoxy) is 2. The van der Waals surface area contributed by atoms with Crippen molar-refractivity contribution in [2.75, 3.05) is 14.2 Å². The smallest absolute Gasteiger partial charge is 0.416 e. The highest BCUT2D eigenvalue weighted by Crippen LogP contribution is 2.34. The summed E-state index contributed by atoms with van der Waals surface area (Å²) in [4.78, 5) is 11.7. The molecule has 0 aliphatic rings. The van der Waals surface area contributed by atoms with E-state index < -0.39 is 17.7 Å². The molecule has 0 radical (unpaired) electrons. The molecule has 27 heavy (non-hydrogen) atoms. The largest absolute Gasteiger partial charge is 0.497 e. The van der Waals surface area contributed by atoms with Crippen molar-refractivity contribution in [2.45, 2.75) is 12.7 Å². The summed E-state index contributed by atoms with van der Waals surface area (Å²) in [5, 5.41) is 10.1. The van der Waals surface area contributed by atoms with Crippen LogP contribution in [0.1, 0.15) is 21.6 Å². The van der Waals surface area contributed by atoms with Gasteiger partial charge in [-0.2, -0.15) is 13.2 Å². The Morgan fingerprint density at radius 1 is 1.07 bits per heavy atom. The summed E-state index contributed by atoms with van der Waals surface area (Å²) in [6.07, 6.45) is -4.42. The van der Waals surface area contributed by atoms with Gasteiger partial charge < -0.3 is 19.1 Å². The van der Waals surface area contributed by atoms with Gasteiger partial charge in [-0.1, -0.05) is 12.1 Å². The quantitative estimate of drug-likeness (QED) is 0.713. The van der Waals surface area contributed by atoms with Crippen molar-refractivity contribution in [1.82, 2.24) is 4.57 Å². The van der Waals surface area contributed by atoms with Gasteiger partial charge in [-0.3, -0.25) is 0 Å². The van der Waals surface area contributed by atoms with E-state index in [1.54, 1.807) is 12.1 Å². The maximum absolute atomic E-state index is 12.7. The van der Waals surface area contributed by atoms with E-state index in [1.165, 1.54) is 37.0 Å². The zero-order valence-electron chi connectivity index (χ0n) is 14.5. The van der Waals surface area contributed by atoms with E-state index >= 15 is 0 Å². The number of hydrogen-bond acceptors (Lipinski definition) is 3. The Morgan fingerprint density at radius 3 is 2.26 bits per heavy atom. The SMILES string of the molecule is COc1cc(OC)c2cc(C(=O)O)n(Cc3ccc(C(F)(F)F)cc3)c2c1. The summed E-state index contributed by atoms with van der Waals surface area (Å²) in [6.45, 7) is 0.0829. The van der Waals surface area contributed by atoms with E-state index in [0.717, 1.165) is 12.1 Å². The van der Waals surface area contributed by atoms with E-state index in [-0.39, 0.29) is 12.2 Å². The molecule has 0 saturated heterocycles. The molecule has 8 heteroatoms. The number of aromatic nitrogens is 1. The highest BCUT2D eigenvalue weighted by Gasteiger charge is 2.30. The fraction of sp³-hybridized carbons (Fsp3) is 0.211. The number of carboxylic acid groups (broad SMARTS) is 1. The minimum Gasteiger partial charge on any atom is -0.497 e. The normalized spacial score (nSPS) is 11.6. The molecule has 0 bridgehead atoms. The number of nitrogens with zero attached hydrogens (tertiary/aromatic N) is 1. The zero-order chi connectivity index (χ0) is 19.8. The van der Waals surface area contributed by atoms with Gasteiger partial charge in [0.25, 0.3) is 0 Å². The summed E-state index contributed by atoms with van der Waals surface area (Å²) in [6, 6.07) is 9.38. The predicted molar refractivity (Wildman–Crippen MR) is 92.5 cm³/mol. The van der Waals surface area contributed by atoms with E-state index in [0.29, 0.717) is 28.0 Å². The molecule has 0 aliphatic heterocycles. The van der Waals surface area contributed by atoms with Crippen molar-refractivity contribution in [3.8, 4) is 11.5 Å². The van der Waals surface area contributed by atoms with Crippen LogP contribution in [0.3, 0.4) is 0 Å². The van der Waals surface area contributed by atoms with Crippen LogP contribution in [0.2, 0.25) is 0 Å². The number of halogens is 3. The van der Waals surface area contributed by atoms with Crippen LogP contribution < -0.4 is 9.47 Å². The van der Waals surface area contributed by atoms with Gasteiger partial charge in [0, 0.05) is 24.1 Å². The van der Waals surface area contributed by atoms with Gasteiger partial charge in [0.05, 0.1) is 25.3 Å². The third-order valence-electron chi connectivity index (χ3n) is 4.25. The fourth-order valence-electron chi connectivity index (χ4n) is 2.92. The molecule has 2 aromatic carbocycles. The van der Waals surface area contributed by atoms with E-state index in [1.807, 2.05) is 0 Å². The second-order valence-corrected chi connectivity index (χ2v) is 5.88. The Balaban J connectivity index is 2.12. The van der Waals surface area contributed by atoms with Crippen molar-refractivity contribution in [2.24, 2.45) is 0 Å². The number of benzene rings is 2. The summed E-state index contributed by atoms with van der Waals surface area (Å²) >= 11 is 0. The number of methoxy groups -OCH3 is 2. The number of carbonyl (C=O) groups is 1. The third-order valence-corrected chi connectivity index (χ3v) is 4.25. The van der Waals surface area contributed by atoms with Crippen molar-refractivity contribution in [3.63, 3.8) is 0 Å². The molecule has 1 N–H and O–H groups in total. The predicted octanol–water partition coefficient (Wildman–Crippen LogP) is 4.42. The number of carboxylic acids is 1. The second kappa shape index (κ2) is 6.86. The van der Waals surface area contributed by atoms with Gasteiger partial charge in [0.2, 0.25) is 0 Å². The first kappa shape index (κ1) is 18.6. The number of aromatic carboxylic acids is 1. The first-order valence-corrected chi connectivity index (χ1v) is 7.89. The molecule has 142 valence electrons. The Hall–Kier alpha value is -3.16. The molecule has 0 atom stereocenters. The summed E-state index contributed by atoms with van der Waals surface area (Å²) in [7, 11) is 2.93. The first-order chi connectivity index (χ1) is 12.7. The molecule has 1 aromatic heterocycles. The zero-order valence-corrected chi connectivity index (χ0v) is 14.5. The van der Waals surface area contributed by atoms with Crippen molar-refractivity contribution in [1.29, 1.82) is 0 Å². The Kier molecular flexibility index (Phi) is 4.73. The van der Waals surface area contributed by atoms with Gasteiger partial charge in [0.15, 0.2) is 0 Å². The highest BCUT2D eigenvalue weighted by molar-refractivity contribution is 5.97. The van der Waals surface area contributed by atoms with Gasteiger partial charge in [-0.05, 0) is 23.8 Å². The standard InChI is InChI=1S/C19H16F3NO4/c1-26-13-7-15-14(17(8-13)27-2)9-16(18(24)25)23(15)10-11-3-5-12(6-4-11)19(20,21)22/h3-9H,10H2,1-2H3,(H,24,25). The molecule has 0 saturated carbocycles. The third kappa shape index (κ3) is 3.55. The molecule has 0 unspecified atom stereocenters. The molecule has 0 amide bonds. The van der Waals surface area contributed by atoms with E-state index in [2.05, 4.69) is 0 Å². The monoisotopic (exact) mass is 379 g/mol. The number of fused-ring (bicyclic) bond motifs is 1. The lowest BCUT2D eigenvalue weighted by Crippen LogP contribution is -2.10. The van der Waals surface area contributed by atoms with E-state index in [4.69, 9.17) is 9.47 Å². The minimum absolute atomic E-state index is 0.00329. The molecule has 3 rings (SSSR count). The fourth-order valence-corrected chi connectivity index (χ4v) is 2.92. The number of rotatable bonds is 5. The van der Waals surface area contributed by atoms with Crippen LogP contribution in [0, 0.1) is 0 Å². The van der Waals surface area contributed by atoms with Crippen LogP contribution in [0.4, 0.5) is 13.2 Å². The lowest BCUT2D eigenvalue weighted by molar-refractivity contribution is -0.137. The van der Waals surface area contributed by atoms with Gasteiger partial charge in [-0.15, -0.1) is 0 Å². The molecular weight excluding hydrogens is 363 g/mol. The first-order valence-electron chi connectivity index (χ1n) is 7.89. The molecule has 0 aliphatic carbocycles. The molecule has 0 spiro atoms. The summed E-state index contributed by atoms with van der Waals surface area (Å²) < 4.78 is 50.2. The molecular formula is C19H16F3NO4. The lowest BCUT2D eigenvalue weighted by Gasteiger charge is -2.12. The Labute approximate surface area is 152 Å². The van der Waals surface area contributed by atoms with Crippen molar-refractivity contribution >= 4 is 16.9 Å². The maximum Gasteiger partial charge on any atom is 0.416 e.